The maximum absolute atomic E-state index is 2.70. The summed E-state index contributed by atoms with van der Waals surface area (Å²) < 4.78 is 0. The number of hydrogen-bond donors (Lipinski definition) is 0. The van der Waals surface area contributed by atoms with Crippen LogP contribution >= 0.6 is 9.24 Å². The minimum atomic E-state index is 0. The third kappa shape index (κ3) is 8.82. The van der Waals surface area contributed by atoms with Crippen LogP contribution in [0.25, 0.3) is 0 Å². The van der Waals surface area contributed by atoms with Crippen molar-refractivity contribution in [3.8, 4) is 0 Å². The first-order chi connectivity index (χ1) is 2.41. The van der Waals surface area contributed by atoms with Gasteiger partial charge in [0.25, 0.3) is 0 Å². The van der Waals surface area contributed by atoms with E-state index in [1.54, 1.807) is 0 Å². The second-order valence-electron chi connectivity index (χ2n) is 1.14. The minimum absolute atomic E-state index is 0. The molecule has 1 atom stereocenters. The van der Waals surface area contributed by atoms with Crippen LogP contribution < -0.4 is 0 Å². The molecule has 0 aromatic heterocycles. The summed E-state index contributed by atoms with van der Waals surface area (Å²) >= 11 is 0. The molecule has 0 amide bonds. The fourth-order valence-electron chi connectivity index (χ4n) is 0.204. The zero-order valence-corrected chi connectivity index (χ0v) is 4.85. The van der Waals surface area contributed by atoms with Gasteiger partial charge >= 0.3 is 0 Å². The highest BCUT2D eigenvalue weighted by Crippen LogP contribution is 1.89. The van der Waals surface area contributed by atoms with Gasteiger partial charge in [0.15, 0.2) is 0 Å². The van der Waals surface area contributed by atoms with Gasteiger partial charge in [-0.15, -0.1) is 9.24 Å². The van der Waals surface area contributed by atoms with E-state index in [4.69, 9.17) is 0 Å². The molecule has 40 valence electrons. The fourth-order valence-corrected chi connectivity index (χ4v) is 0.612. The third-order valence-electron chi connectivity index (χ3n) is 0.558. The average molecular weight is 122 g/mol. The van der Waals surface area contributed by atoms with Crippen molar-refractivity contribution >= 4 is 20.2 Å². The lowest BCUT2D eigenvalue weighted by Crippen LogP contribution is -1.64. The number of hydrogen-bond acceptors (Lipinski definition) is 0. The lowest BCUT2D eigenvalue weighted by molar-refractivity contribution is 0.897. The molecule has 0 aromatic rings. The van der Waals surface area contributed by atoms with Gasteiger partial charge in [-0.25, -0.2) is 0 Å². The van der Waals surface area contributed by atoms with Gasteiger partial charge in [-0.2, -0.15) is 0 Å². The van der Waals surface area contributed by atoms with Gasteiger partial charge in [-0.1, -0.05) is 19.8 Å². The molecule has 0 rings (SSSR count). The van der Waals surface area contributed by atoms with Crippen LogP contribution in [-0.4, -0.2) is 17.1 Å². The quantitative estimate of drug-likeness (QED) is 0.363. The Kier molecular flexibility index (Phi) is 15.0. The van der Waals surface area contributed by atoms with E-state index in [0.717, 1.165) is 0 Å². The summed E-state index contributed by atoms with van der Waals surface area (Å²) in [6.07, 6.45) is 3.94. The Labute approximate surface area is 46.9 Å². The van der Waals surface area contributed by atoms with Crippen molar-refractivity contribution in [2.45, 2.75) is 19.8 Å². The van der Waals surface area contributed by atoms with E-state index in [1.165, 1.54) is 19.0 Å². The fraction of sp³-hybridized carbons (Fsp3) is 1.00. The van der Waals surface area contributed by atoms with Crippen molar-refractivity contribution in [3.63, 3.8) is 0 Å². The van der Waals surface area contributed by atoms with Crippen molar-refractivity contribution in [2.24, 2.45) is 0 Å². The molecule has 0 fully saturated rings. The van der Waals surface area contributed by atoms with E-state index < -0.39 is 0 Å². The van der Waals surface area contributed by atoms with E-state index >= 15 is 0 Å². The van der Waals surface area contributed by atoms with Crippen molar-refractivity contribution in [1.82, 2.24) is 0 Å². The lowest BCUT2D eigenvalue weighted by atomic mass is 10.4. The molecule has 1 unspecified atom stereocenters. The van der Waals surface area contributed by atoms with Gasteiger partial charge < -0.3 is 0 Å². The van der Waals surface area contributed by atoms with Crippen LogP contribution in [0, 0.1) is 0 Å². The molecular formula is C4H15PSi. The van der Waals surface area contributed by atoms with E-state index in [9.17, 15) is 0 Å². The van der Waals surface area contributed by atoms with Gasteiger partial charge in [0.2, 0.25) is 0 Å². The van der Waals surface area contributed by atoms with E-state index in [0.29, 0.717) is 0 Å². The highest BCUT2D eigenvalue weighted by molar-refractivity contribution is 7.16. The molecule has 2 heteroatoms. The molecule has 0 aromatic carbocycles. The number of unbranched alkanes of at least 4 members (excludes halogenated alkanes) is 1. The zero-order chi connectivity index (χ0) is 4.12. The van der Waals surface area contributed by atoms with Crippen LogP contribution in [0.4, 0.5) is 0 Å². The topological polar surface area (TPSA) is 0 Å². The summed E-state index contributed by atoms with van der Waals surface area (Å²) in [7, 11) is 2.70. The Morgan fingerprint density at radius 3 is 2.00 bits per heavy atom. The summed E-state index contributed by atoms with van der Waals surface area (Å²) in [5.41, 5.74) is 0. The molecule has 0 saturated carbocycles. The summed E-state index contributed by atoms with van der Waals surface area (Å²) in [6, 6.07) is 0. The van der Waals surface area contributed by atoms with Crippen molar-refractivity contribution in [1.29, 1.82) is 0 Å². The molecule has 0 spiro atoms. The van der Waals surface area contributed by atoms with E-state index in [1.807, 2.05) is 0 Å². The van der Waals surface area contributed by atoms with Gasteiger partial charge in [0.1, 0.15) is 0 Å². The molecule has 0 bridgehead atoms. The predicted octanol–water partition coefficient (Wildman–Crippen LogP) is 0.210. The Morgan fingerprint density at radius 1 is 1.50 bits per heavy atom. The first-order valence-corrected chi connectivity index (χ1v) is 2.93. The molecule has 0 nitrogen and oxygen atoms in total. The van der Waals surface area contributed by atoms with Crippen molar-refractivity contribution < 1.29 is 0 Å². The van der Waals surface area contributed by atoms with Gasteiger partial charge in [-0.05, 0) is 17.1 Å². The molecule has 0 aliphatic heterocycles. The van der Waals surface area contributed by atoms with E-state index in [-0.39, 0.29) is 11.0 Å². The Hall–Kier alpha value is 0.647. The van der Waals surface area contributed by atoms with Crippen LogP contribution in [0.1, 0.15) is 19.8 Å². The smallest absolute Gasteiger partial charge is 0.0149 e. The SMILES string of the molecule is CCCCP.[SiH4]. The zero-order valence-electron chi connectivity index (χ0n) is 3.70. The molecule has 0 saturated heterocycles. The summed E-state index contributed by atoms with van der Waals surface area (Å²) in [4.78, 5) is 0. The molecular weight excluding hydrogens is 107 g/mol. The van der Waals surface area contributed by atoms with Gasteiger partial charge in [-0.3, -0.25) is 0 Å². The monoisotopic (exact) mass is 122 g/mol. The summed E-state index contributed by atoms with van der Waals surface area (Å²) in [6.45, 7) is 2.20. The van der Waals surface area contributed by atoms with E-state index in [2.05, 4.69) is 16.2 Å². The maximum atomic E-state index is 2.70. The first-order valence-electron chi connectivity index (χ1n) is 2.12. The molecule has 0 aliphatic rings. The largest absolute Gasteiger partial charge is 0.138 e. The van der Waals surface area contributed by atoms with Gasteiger partial charge in [0.05, 0.1) is 0 Å². The lowest BCUT2D eigenvalue weighted by Gasteiger charge is -1.79. The van der Waals surface area contributed by atoms with Crippen LogP contribution in [0.15, 0.2) is 0 Å². The standard InChI is InChI=1S/C4H11P.H4Si/c1-2-3-4-5;/h2-5H2,1H3;1H4. The number of rotatable bonds is 2. The van der Waals surface area contributed by atoms with Crippen molar-refractivity contribution in [3.05, 3.63) is 0 Å². The molecule has 0 heterocycles. The van der Waals surface area contributed by atoms with Crippen molar-refractivity contribution in [2.75, 3.05) is 6.16 Å². The van der Waals surface area contributed by atoms with Gasteiger partial charge in [0, 0.05) is 0 Å². The molecule has 0 N–H and O–H groups in total. The second-order valence-corrected chi connectivity index (χ2v) is 1.72. The third-order valence-corrected chi connectivity index (χ3v) is 0.966. The highest BCUT2D eigenvalue weighted by atomic mass is 31.0. The van der Waals surface area contributed by atoms with Crippen LogP contribution in [0.2, 0.25) is 0 Å². The molecule has 0 aliphatic carbocycles. The Morgan fingerprint density at radius 2 is 2.00 bits per heavy atom. The second kappa shape index (κ2) is 9.17. The molecule has 0 radical (unpaired) electrons. The Bertz CT molecular complexity index is 15.0. The first kappa shape index (κ1) is 9.82. The maximum Gasteiger partial charge on any atom is -0.0149 e. The highest BCUT2D eigenvalue weighted by Gasteiger charge is 1.68. The van der Waals surface area contributed by atoms with Crippen LogP contribution in [0.3, 0.4) is 0 Å². The normalized spacial score (nSPS) is 7.00. The molecule has 6 heavy (non-hydrogen) atoms. The minimum Gasteiger partial charge on any atom is -0.138 e. The average Bonchev–Trinajstić information content (AvgIpc) is 1.41. The Balaban J connectivity index is 0. The predicted molar refractivity (Wildman–Crippen MR) is 40.8 cm³/mol. The van der Waals surface area contributed by atoms with Crippen LogP contribution in [0.5, 0.6) is 0 Å². The van der Waals surface area contributed by atoms with Crippen LogP contribution in [-0.2, 0) is 0 Å². The summed E-state index contributed by atoms with van der Waals surface area (Å²) in [5, 5.41) is 0. The summed E-state index contributed by atoms with van der Waals surface area (Å²) in [5.74, 6) is 0.